The van der Waals surface area contributed by atoms with Gasteiger partial charge in [-0.3, -0.25) is 9.89 Å². The van der Waals surface area contributed by atoms with Gasteiger partial charge >= 0.3 is 0 Å². The monoisotopic (exact) mass is 324 g/mol. The van der Waals surface area contributed by atoms with Crippen LogP contribution in [0.25, 0.3) is 0 Å². The first-order chi connectivity index (χ1) is 8.58. The van der Waals surface area contributed by atoms with Gasteiger partial charge in [-0.05, 0) is 24.3 Å². The second-order valence-electron chi connectivity index (χ2n) is 3.48. The van der Waals surface area contributed by atoms with E-state index in [9.17, 15) is 4.79 Å². The van der Waals surface area contributed by atoms with E-state index in [0.717, 1.165) is 4.47 Å². The minimum atomic E-state index is -0.299. The molecule has 7 heteroatoms. The molecule has 0 aliphatic rings. The second-order valence-corrected chi connectivity index (χ2v) is 4.83. The summed E-state index contributed by atoms with van der Waals surface area (Å²) in [5, 5.41) is 9.02. The van der Waals surface area contributed by atoms with Crippen LogP contribution in [0, 0.1) is 0 Å². The van der Waals surface area contributed by atoms with E-state index in [2.05, 4.69) is 31.4 Å². The number of anilines is 1. The normalized spacial score (nSPS) is 10.1. The van der Waals surface area contributed by atoms with E-state index in [0.29, 0.717) is 16.9 Å². The van der Waals surface area contributed by atoms with Gasteiger partial charge in [-0.1, -0.05) is 28.1 Å². The average Bonchev–Trinajstić information content (AvgIpc) is 2.84. The maximum absolute atomic E-state index is 11.9. The lowest BCUT2D eigenvalue weighted by Crippen LogP contribution is -2.18. The predicted molar refractivity (Wildman–Crippen MR) is 76.6 cm³/mol. The molecule has 2 rings (SSSR count). The quantitative estimate of drug-likeness (QED) is 0.754. The van der Waals surface area contributed by atoms with E-state index in [1.54, 1.807) is 24.3 Å². The Morgan fingerprint density at radius 3 is 2.83 bits per heavy atom. The molecular weight excluding hydrogens is 316 g/mol. The summed E-state index contributed by atoms with van der Waals surface area (Å²) in [6, 6.07) is 6.86. The van der Waals surface area contributed by atoms with Gasteiger partial charge in [0.25, 0.3) is 5.91 Å². The molecule has 4 N–H and O–H groups in total. The highest BCUT2D eigenvalue weighted by Gasteiger charge is 2.11. The number of carbonyl (C=O) groups excluding carboxylic acids is 1. The summed E-state index contributed by atoms with van der Waals surface area (Å²) in [6.45, 7) is 0. The lowest BCUT2D eigenvalue weighted by Gasteiger charge is -2.09. The van der Waals surface area contributed by atoms with E-state index in [1.807, 2.05) is 0 Å². The van der Waals surface area contributed by atoms with E-state index in [1.165, 1.54) is 6.20 Å². The van der Waals surface area contributed by atoms with Crippen LogP contribution in [0.15, 0.2) is 34.9 Å². The Hall–Kier alpha value is -1.73. The summed E-state index contributed by atoms with van der Waals surface area (Å²) in [6.07, 6.45) is 1.50. The number of nitrogens with one attached hydrogen (secondary N) is 2. The van der Waals surface area contributed by atoms with Crippen LogP contribution in [-0.4, -0.2) is 21.1 Å². The van der Waals surface area contributed by atoms with Crippen LogP contribution in [0.4, 0.5) is 5.69 Å². The lowest BCUT2D eigenvalue weighted by atomic mass is 10.1. The number of H-pyrrole nitrogens is 1. The first-order valence-electron chi connectivity index (χ1n) is 4.98. The summed E-state index contributed by atoms with van der Waals surface area (Å²) in [4.78, 5) is 12.1. The van der Waals surface area contributed by atoms with Gasteiger partial charge in [0, 0.05) is 16.2 Å². The van der Waals surface area contributed by atoms with Crippen LogP contribution >= 0.6 is 28.1 Å². The fourth-order valence-corrected chi connectivity index (χ4v) is 1.93. The van der Waals surface area contributed by atoms with E-state index >= 15 is 0 Å². The fraction of sp³-hybridized carbons (Fsp3) is 0. The topological polar surface area (TPSA) is 83.8 Å². The van der Waals surface area contributed by atoms with Gasteiger partial charge in [-0.15, -0.1) is 0 Å². The minimum Gasteiger partial charge on any atom is -0.389 e. The summed E-state index contributed by atoms with van der Waals surface area (Å²) >= 11 is 8.27. The summed E-state index contributed by atoms with van der Waals surface area (Å²) in [5.41, 5.74) is 7.15. The van der Waals surface area contributed by atoms with E-state index in [4.69, 9.17) is 18.0 Å². The molecule has 2 aromatic rings. The van der Waals surface area contributed by atoms with Crippen molar-refractivity contribution in [2.75, 3.05) is 5.32 Å². The molecule has 0 saturated carbocycles. The molecule has 0 radical (unpaired) electrons. The van der Waals surface area contributed by atoms with Crippen molar-refractivity contribution in [3.63, 3.8) is 0 Å². The van der Waals surface area contributed by atoms with Gasteiger partial charge < -0.3 is 11.1 Å². The van der Waals surface area contributed by atoms with Crippen molar-refractivity contribution in [1.82, 2.24) is 10.2 Å². The number of nitrogens with zero attached hydrogens (tertiary/aromatic N) is 1. The largest absolute Gasteiger partial charge is 0.389 e. The number of amides is 1. The summed E-state index contributed by atoms with van der Waals surface area (Å²) in [7, 11) is 0. The maximum atomic E-state index is 11.9. The Labute approximate surface area is 117 Å². The predicted octanol–water partition coefficient (Wildman–Crippen LogP) is 2.06. The molecule has 1 aromatic carbocycles. The number of benzene rings is 1. The Kier molecular flexibility index (Phi) is 3.73. The molecule has 0 atom stereocenters. The van der Waals surface area contributed by atoms with Crippen LogP contribution in [0.1, 0.15) is 16.1 Å². The molecule has 0 aliphatic heterocycles. The Morgan fingerprint density at radius 1 is 1.44 bits per heavy atom. The second kappa shape index (κ2) is 5.28. The first-order valence-corrected chi connectivity index (χ1v) is 6.18. The van der Waals surface area contributed by atoms with Crippen molar-refractivity contribution >= 4 is 44.7 Å². The smallest absolute Gasteiger partial charge is 0.273 e. The number of rotatable bonds is 3. The van der Waals surface area contributed by atoms with Gasteiger partial charge in [0.15, 0.2) is 0 Å². The molecule has 0 fully saturated rings. The highest BCUT2D eigenvalue weighted by atomic mass is 79.9. The lowest BCUT2D eigenvalue weighted by molar-refractivity contribution is 0.102. The van der Waals surface area contributed by atoms with Gasteiger partial charge in [-0.2, -0.15) is 5.10 Å². The van der Waals surface area contributed by atoms with Crippen LogP contribution < -0.4 is 11.1 Å². The van der Waals surface area contributed by atoms with Crippen LogP contribution in [-0.2, 0) is 0 Å². The molecule has 5 nitrogen and oxygen atoms in total. The number of aromatic amines is 1. The van der Waals surface area contributed by atoms with Crippen LogP contribution in [0.3, 0.4) is 0 Å². The highest BCUT2D eigenvalue weighted by molar-refractivity contribution is 9.10. The van der Waals surface area contributed by atoms with Crippen molar-refractivity contribution in [2.24, 2.45) is 5.73 Å². The third-order valence-electron chi connectivity index (χ3n) is 2.24. The van der Waals surface area contributed by atoms with E-state index in [-0.39, 0.29) is 10.9 Å². The van der Waals surface area contributed by atoms with Crippen molar-refractivity contribution < 1.29 is 4.79 Å². The fourth-order valence-electron chi connectivity index (χ4n) is 1.40. The van der Waals surface area contributed by atoms with Crippen LogP contribution in [0.5, 0.6) is 0 Å². The Balaban J connectivity index is 2.29. The summed E-state index contributed by atoms with van der Waals surface area (Å²) < 4.78 is 0.838. The van der Waals surface area contributed by atoms with Crippen molar-refractivity contribution in [3.8, 4) is 0 Å². The third-order valence-corrected chi connectivity index (χ3v) is 2.95. The zero-order chi connectivity index (χ0) is 13.1. The SMILES string of the molecule is NC(=S)c1cc(Br)ccc1NC(=O)c1ccn[nH]1. The van der Waals surface area contributed by atoms with Gasteiger partial charge in [-0.25, -0.2) is 0 Å². The van der Waals surface area contributed by atoms with Crippen molar-refractivity contribution in [2.45, 2.75) is 0 Å². The molecule has 18 heavy (non-hydrogen) atoms. The average molecular weight is 325 g/mol. The molecule has 0 spiro atoms. The zero-order valence-electron chi connectivity index (χ0n) is 9.11. The third kappa shape index (κ3) is 2.74. The maximum Gasteiger partial charge on any atom is 0.273 e. The molecule has 0 unspecified atom stereocenters. The molecular formula is C11H9BrN4OS. The zero-order valence-corrected chi connectivity index (χ0v) is 11.5. The molecule has 0 saturated heterocycles. The number of carbonyl (C=O) groups is 1. The summed E-state index contributed by atoms with van der Waals surface area (Å²) in [5.74, 6) is -0.299. The molecule has 1 aromatic heterocycles. The van der Waals surface area contributed by atoms with Gasteiger partial charge in [0.2, 0.25) is 0 Å². The molecule has 0 aliphatic carbocycles. The Morgan fingerprint density at radius 2 is 2.22 bits per heavy atom. The molecule has 1 heterocycles. The van der Waals surface area contributed by atoms with Gasteiger partial charge in [0.05, 0.1) is 5.69 Å². The standard InChI is InChI=1S/C11H9BrN4OS/c12-6-1-2-8(7(5-6)10(13)18)15-11(17)9-3-4-14-16-9/h1-5H,(H2,13,18)(H,14,16)(H,15,17). The molecule has 92 valence electrons. The number of thiocarbonyl (C=S) groups is 1. The van der Waals surface area contributed by atoms with Crippen molar-refractivity contribution in [1.29, 1.82) is 0 Å². The first kappa shape index (κ1) is 12.7. The molecule has 0 bridgehead atoms. The highest BCUT2D eigenvalue weighted by Crippen LogP contribution is 2.21. The van der Waals surface area contributed by atoms with Gasteiger partial charge in [0.1, 0.15) is 10.7 Å². The number of hydrogen-bond acceptors (Lipinski definition) is 3. The van der Waals surface area contributed by atoms with E-state index < -0.39 is 0 Å². The number of nitrogens with two attached hydrogens (primary N) is 1. The van der Waals surface area contributed by atoms with Crippen LogP contribution in [0.2, 0.25) is 0 Å². The van der Waals surface area contributed by atoms with Crippen molar-refractivity contribution in [3.05, 3.63) is 46.2 Å². The molecule has 1 amide bonds. The number of halogens is 1. The minimum absolute atomic E-state index is 0.219. The Bertz CT molecular complexity index is 597. The number of hydrogen-bond donors (Lipinski definition) is 3. The number of aromatic nitrogens is 2.